The van der Waals surface area contributed by atoms with E-state index in [1.165, 1.54) is 5.56 Å². The first-order chi connectivity index (χ1) is 11.7. The quantitative estimate of drug-likeness (QED) is 0.831. The third-order valence-corrected chi connectivity index (χ3v) is 5.10. The van der Waals surface area contributed by atoms with Gasteiger partial charge in [-0.25, -0.2) is 4.79 Å². The number of rotatable bonds is 3. The van der Waals surface area contributed by atoms with Crippen molar-refractivity contribution in [1.29, 1.82) is 0 Å². The lowest BCUT2D eigenvalue weighted by Crippen LogP contribution is -2.29. The number of carbonyl (C=O) groups is 1. The minimum absolute atomic E-state index is 0.136. The molecule has 2 N–H and O–H groups in total. The number of nitrogens with one attached hydrogen (secondary N) is 1. The molecule has 3 atom stereocenters. The van der Waals surface area contributed by atoms with Gasteiger partial charge in [-0.15, -0.1) is 0 Å². The number of fused-ring (bicyclic) bond motifs is 3. The second-order valence-corrected chi connectivity index (χ2v) is 6.33. The number of ether oxygens (including phenoxy) is 1. The molecule has 0 aromatic heterocycles. The Morgan fingerprint density at radius 2 is 2.00 bits per heavy atom. The van der Waals surface area contributed by atoms with Gasteiger partial charge in [0.05, 0.1) is 24.4 Å². The molecular weight excluding hydrogens is 302 g/mol. The van der Waals surface area contributed by atoms with Crippen LogP contribution in [0, 0.1) is 5.92 Å². The minimum atomic E-state index is -0.898. The van der Waals surface area contributed by atoms with Crippen LogP contribution in [0.2, 0.25) is 0 Å². The van der Waals surface area contributed by atoms with Crippen molar-refractivity contribution >= 4 is 11.7 Å². The van der Waals surface area contributed by atoms with Gasteiger partial charge < -0.3 is 15.2 Å². The molecule has 0 unspecified atom stereocenters. The van der Waals surface area contributed by atoms with E-state index in [0.29, 0.717) is 17.4 Å². The maximum absolute atomic E-state index is 11.1. The summed E-state index contributed by atoms with van der Waals surface area (Å²) in [6.45, 7) is 0. The standard InChI is InChI=1S/C20H19NO3/c1-24-17-7-3-6-16-14-4-2-5-15(14)18(21-19(16)17)12-8-10-13(11-9-12)20(22)23/h2-4,6-11,14-15,18,21H,5H2,1H3,(H,22,23)/t14-,15+,18-/m1/s1. The third kappa shape index (κ3) is 2.26. The summed E-state index contributed by atoms with van der Waals surface area (Å²) in [6, 6.07) is 13.5. The van der Waals surface area contributed by atoms with Gasteiger partial charge in [0.1, 0.15) is 5.75 Å². The molecule has 2 aromatic carbocycles. The van der Waals surface area contributed by atoms with Crippen LogP contribution in [-0.4, -0.2) is 18.2 Å². The highest BCUT2D eigenvalue weighted by molar-refractivity contribution is 5.87. The summed E-state index contributed by atoms with van der Waals surface area (Å²) in [5.74, 6) is 0.741. The predicted octanol–water partition coefficient (Wildman–Crippen LogP) is 4.22. The van der Waals surface area contributed by atoms with E-state index in [2.05, 4.69) is 23.5 Å². The summed E-state index contributed by atoms with van der Waals surface area (Å²) in [5.41, 5.74) is 3.73. The van der Waals surface area contributed by atoms with Gasteiger partial charge in [-0.2, -0.15) is 0 Å². The molecule has 0 saturated carbocycles. The van der Waals surface area contributed by atoms with Crippen molar-refractivity contribution < 1.29 is 14.6 Å². The summed E-state index contributed by atoms with van der Waals surface area (Å²) in [6.07, 6.45) is 5.53. The zero-order chi connectivity index (χ0) is 16.7. The second-order valence-electron chi connectivity index (χ2n) is 6.33. The molecule has 122 valence electrons. The Kier molecular flexibility index (Phi) is 3.53. The molecule has 2 aliphatic rings. The van der Waals surface area contributed by atoms with Gasteiger partial charge in [0.15, 0.2) is 0 Å². The van der Waals surface area contributed by atoms with Gasteiger partial charge in [0, 0.05) is 5.92 Å². The Hall–Kier alpha value is -2.75. The summed E-state index contributed by atoms with van der Waals surface area (Å²) >= 11 is 0. The number of anilines is 1. The molecule has 1 aliphatic heterocycles. The van der Waals surface area contributed by atoms with E-state index in [9.17, 15) is 4.79 Å². The van der Waals surface area contributed by atoms with Crippen LogP contribution in [-0.2, 0) is 0 Å². The van der Waals surface area contributed by atoms with Crippen LogP contribution in [0.5, 0.6) is 5.75 Å². The lowest BCUT2D eigenvalue weighted by Gasteiger charge is -2.38. The van der Waals surface area contributed by atoms with E-state index in [4.69, 9.17) is 9.84 Å². The fourth-order valence-corrected chi connectivity index (χ4v) is 3.93. The zero-order valence-electron chi connectivity index (χ0n) is 13.4. The van der Waals surface area contributed by atoms with Crippen molar-refractivity contribution in [2.45, 2.75) is 18.4 Å². The van der Waals surface area contributed by atoms with Crippen LogP contribution < -0.4 is 10.1 Å². The number of allylic oxidation sites excluding steroid dienone is 2. The first-order valence-corrected chi connectivity index (χ1v) is 8.12. The number of hydrogen-bond donors (Lipinski definition) is 2. The molecular formula is C20H19NO3. The second kappa shape index (κ2) is 5.71. The van der Waals surface area contributed by atoms with Crippen molar-refractivity contribution in [3.8, 4) is 5.75 Å². The first kappa shape index (κ1) is 14.8. The molecule has 0 bridgehead atoms. The van der Waals surface area contributed by atoms with Gasteiger partial charge in [0.2, 0.25) is 0 Å². The van der Waals surface area contributed by atoms with Crippen LogP contribution in [0.1, 0.15) is 39.9 Å². The molecule has 4 rings (SSSR count). The largest absolute Gasteiger partial charge is 0.495 e. The Morgan fingerprint density at radius 1 is 1.21 bits per heavy atom. The van der Waals surface area contributed by atoms with Crippen molar-refractivity contribution in [1.82, 2.24) is 0 Å². The summed E-state index contributed by atoms with van der Waals surface area (Å²) < 4.78 is 5.53. The highest BCUT2D eigenvalue weighted by Gasteiger charge is 2.38. The van der Waals surface area contributed by atoms with Crippen molar-refractivity contribution in [2.75, 3.05) is 12.4 Å². The topological polar surface area (TPSA) is 58.6 Å². The normalized spacial score (nSPS) is 24.0. The first-order valence-electron chi connectivity index (χ1n) is 8.12. The highest BCUT2D eigenvalue weighted by Crippen LogP contribution is 2.52. The van der Waals surface area contributed by atoms with Crippen molar-refractivity contribution in [3.63, 3.8) is 0 Å². The van der Waals surface area contributed by atoms with Crippen LogP contribution in [0.4, 0.5) is 5.69 Å². The number of methoxy groups -OCH3 is 1. The number of aromatic carboxylic acids is 1. The molecule has 0 saturated heterocycles. The Morgan fingerprint density at radius 3 is 2.71 bits per heavy atom. The van der Waals surface area contributed by atoms with Gasteiger partial charge >= 0.3 is 5.97 Å². The maximum Gasteiger partial charge on any atom is 0.335 e. The van der Waals surface area contributed by atoms with Crippen LogP contribution in [0.15, 0.2) is 54.6 Å². The number of carboxylic acid groups (broad SMARTS) is 1. The monoisotopic (exact) mass is 321 g/mol. The minimum Gasteiger partial charge on any atom is -0.495 e. The fourth-order valence-electron chi connectivity index (χ4n) is 3.93. The Labute approximate surface area is 140 Å². The number of para-hydroxylation sites is 1. The van der Waals surface area contributed by atoms with Crippen molar-refractivity contribution in [3.05, 3.63) is 71.3 Å². The molecule has 0 amide bonds. The molecule has 0 radical (unpaired) electrons. The van der Waals surface area contributed by atoms with Gasteiger partial charge in [-0.3, -0.25) is 0 Å². The van der Waals surface area contributed by atoms with Gasteiger partial charge in [-0.1, -0.05) is 36.4 Å². The SMILES string of the molecule is COc1cccc2c1N[C@H](c1ccc(C(=O)O)cc1)[C@H]1CC=C[C@@H]21. The van der Waals surface area contributed by atoms with E-state index >= 15 is 0 Å². The van der Waals surface area contributed by atoms with Crippen LogP contribution in [0.25, 0.3) is 0 Å². The Bertz CT molecular complexity index is 810. The molecule has 1 heterocycles. The lowest BCUT2D eigenvalue weighted by atomic mass is 9.77. The van der Waals surface area contributed by atoms with E-state index < -0.39 is 5.97 Å². The van der Waals surface area contributed by atoms with E-state index in [-0.39, 0.29) is 6.04 Å². The van der Waals surface area contributed by atoms with E-state index in [1.54, 1.807) is 19.2 Å². The zero-order valence-corrected chi connectivity index (χ0v) is 13.4. The molecule has 2 aromatic rings. The van der Waals surface area contributed by atoms with Crippen LogP contribution in [0.3, 0.4) is 0 Å². The number of hydrogen-bond acceptors (Lipinski definition) is 3. The molecule has 0 fully saturated rings. The van der Waals surface area contributed by atoms with Gasteiger partial charge in [-0.05, 0) is 41.7 Å². The third-order valence-electron chi connectivity index (χ3n) is 5.10. The average molecular weight is 321 g/mol. The lowest BCUT2D eigenvalue weighted by molar-refractivity contribution is 0.0697. The van der Waals surface area contributed by atoms with Gasteiger partial charge in [0.25, 0.3) is 0 Å². The van der Waals surface area contributed by atoms with E-state index in [1.807, 2.05) is 24.3 Å². The molecule has 24 heavy (non-hydrogen) atoms. The Balaban J connectivity index is 1.76. The van der Waals surface area contributed by atoms with Crippen molar-refractivity contribution in [2.24, 2.45) is 5.92 Å². The predicted molar refractivity (Wildman–Crippen MR) is 92.7 cm³/mol. The molecule has 4 heteroatoms. The maximum atomic E-state index is 11.1. The highest BCUT2D eigenvalue weighted by atomic mass is 16.5. The van der Waals surface area contributed by atoms with Crippen LogP contribution >= 0.6 is 0 Å². The smallest absolute Gasteiger partial charge is 0.335 e. The summed E-state index contributed by atoms with van der Waals surface area (Å²) in [5, 5.41) is 12.7. The van der Waals surface area contributed by atoms with E-state index in [0.717, 1.165) is 23.4 Å². The average Bonchev–Trinajstić information content (AvgIpc) is 3.10. The molecule has 1 aliphatic carbocycles. The number of carboxylic acids is 1. The summed E-state index contributed by atoms with van der Waals surface area (Å²) in [4.78, 5) is 11.1. The summed E-state index contributed by atoms with van der Waals surface area (Å²) in [7, 11) is 1.69. The molecule has 0 spiro atoms. The number of benzene rings is 2. The fraction of sp³-hybridized carbons (Fsp3) is 0.250. The molecule has 4 nitrogen and oxygen atoms in total.